The molecule has 0 aromatic rings. The molecule has 2 aliphatic heterocycles. The summed E-state index contributed by atoms with van der Waals surface area (Å²) in [5.74, 6) is 0.986. The molecule has 1 N–H and O–H groups in total. The third-order valence-electron chi connectivity index (χ3n) is 3.42. The molecule has 2 fully saturated rings. The fraction of sp³-hybridized carbons (Fsp3) is 0.917. The Kier molecular flexibility index (Phi) is 10.6. The Morgan fingerprint density at radius 3 is 2.20 bits per heavy atom. The minimum Gasteiger partial charge on any atom is -0.358 e. The van der Waals surface area contributed by atoms with Crippen molar-refractivity contribution in [2.24, 2.45) is 5.92 Å². The summed E-state index contributed by atoms with van der Waals surface area (Å²) in [6.07, 6.45) is 7.13. The van der Waals surface area contributed by atoms with Gasteiger partial charge in [-0.1, -0.05) is 6.42 Å². The molecule has 2 aliphatic rings. The van der Waals surface area contributed by atoms with E-state index < -0.39 is 0 Å². The van der Waals surface area contributed by atoms with Gasteiger partial charge in [0.25, 0.3) is 0 Å². The summed E-state index contributed by atoms with van der Waals surface area (Å²) in [5.41, 5.74) is 0. The molecule has 0 bridgehead atoms. The Morgan fingerprint density at radius 2 is 1.60 bits per heavy atom. The first-order valence-corrected chi connectivity index (χ1v) is 5.88. The van der Waals surface area contributed by atoms with E-state index in [4.69, 9.17) is 0 Å². The molecule has 0 atom stereocenters. The van der Waals surface area contributed by atoms with Gasteiger partial charge in [0, 0.05) is 6.54 Å². The van der Waals surface area contributed by atoms with Crippen LogP contribution in [0.5, 0.6) is 0 Å². The molecule has 0 aromatic carbocycles. The van der Waals surface area contributed by atoms with Crippen LogP contribution in [0.4, 0.5) is 0 Å². The molecule has 3 heteroatoms. The average molecular weight is 236 g/mol. The van der Waals surface area contributed by atoms with Crippen molar-refractivity contribution in [3.8, 4) is 0 Å². The molecule has 2 rings (SSSR count). The predicted molar refractivity (Wildman–Crippen MR) is 62.3 cm³/mol. The van der Waals surface area contributed by atoms with E-state index in [0.717, 1.165) is 5.92 Å². The minimum absolute atomic E-state index is 0. The van der Waals surface area contributed by atoms with Crippen LogP contribution in [0, 0.1) is 13.3 Å². The van der Waals surface area contributed by atoms with Crippen molar-refractivity contribution in [1.29, 1.82) is 0 Å². The second-order valence-corrected chi connectivity index (χ2v) is 4.55. The fourth-order valence-corrected chi connectivity index (χ4v) is 2.57. The Bertz CT molecular complexity index is 125. The first kappa shape index (κ1) is 16.6. The van der Waals surface area contributed by atoms with Crippen LogP contribution >= 0.6 is 0 Å². The first-order valence-electron chi connectivity index (χ1n) is 5.88. The minimum atomic E-state index is 0. The third kappa shape index (κ3) is 6.15. The SMILES string of the molecule is C1CCN(CC2CCNCC2)CC1.[CH3-].[K+]. The van der Waals surface area contributed by atoms with Crippen LogP contribution < -0.4 is 56.7 Å². The van der Waals surface area contributed by atoms with Crippen molar-refractivity contribution in [1.82, 2.24) is 10.2 Å². The zero-order valence-electron chi connectivity index (χ0n) is 10.6. The summed E-state index contributed by atoms with van der Waals surface area (Å²) in [6, 6.07) is 0. The topological polar surface area (TPSA) is 15.3 Å². The molecule has 0 unspecified atom stereocenters. The molecule has 84 valence electrons. The Morgan fingerprint density at radius 1 is 1.00 bits per heavy atom. The van der Waals surface area contributed by atoms with Gasteiger partial charge in [-0.3, -0.25) is 0 Å². The molecule has 0 amide bonds. The van der Waals surface area contributed by atoms with Gasteiger partial charge in [-0.2, -0.15) is 0 Å². The van der Waals surface area contributed by atoms with Crippen molar-refractivity contribution in [2.45, 2.75) is 32.1 Å². The van der Waals surface area contributed by atoms with Crippen LogP contribution in [0.1, 0.15) is 32.1 Å². The van der Waals surface area contributed by atoms with E-state index in [1.807, 2.05) is 0 Å². The van der Waals surface area contributed by atoms with Crippen LogP contribution in [0.25, 0.3) is 0 Å². The Hall–Kier alpha value is 1.56. The number of likely N-dealkylation sites (tertiary alicyclic amines) is 1. The van der Waals surface area contributed by atoms with Gasteiger partial charge in [-0.05, 0) is 57.8 Å². The summed E-state index contributed by atoms with van der Waals surface area (Å²) in [4.78, 5) is 2.68. The van der Waals surface area contributed by atoms with Crippen LogP contribution in [-0.2, 0) is 0 Å². The van der Waals surface area contributed by atoms with Crippen LogP contribution in [0.2, 0.25) is 0 Å². The normalized spacial score (nSPS) is 24.0. The van der Waals surface area contributed by atoms with Gasteiger partial charge in [-0.15, -0.1) is 0 Å². The van der Waals surface area contributed by atoms with Crippen LogP contribution in [-0.4, -0.2) is 37.6 Å². The van der Waals surface area contributed by atoms with E-state index in [9.17, 15) is 0 Å². The molecule has 2 saturated heterocycles. The van der Waals surface area contributed by atoms with Gasteiger partial charge in [0.2, 0.25) is 0 Å². The molecule has 0 spiro atoms. The maximum Gasteiger partial charge on any atom is 1.00 e. The van der Waals surface area contributed by atoms with Crippen molar-refractivity contribution in [3.63, 3.8) is 0 Å². The number of rotatable bonds is 2. The molecule has 0 radical (unpaired) electrons. The molecule has 0 aromatic heterocycles. The summed E-state index contributed by atoms with van der Waals surface area (Å²) < 4.78 is 0. The number of hydrogen-bond acceptors (Lipinski definition) is 2. The van der Waals surface area contributed by atoms with Crippen LogP contribution in [0.3, 0.4) is 0 Å². The maximum atomic E-state index is 3.43. The number of piperidine rings is 2. The molecule has 15 heavy (non-hydrogen) atoms. The van der Waals surface area contributed by atoms with Crippen molar-refractivity contribution < 1.29 is 51.4 Å². The zero-order valence-corrected chi connectivity index (χ0v) is 13.7. The van der Waals surface area contributed by atoms with Gasteiger partial charge in [-0.25, -0.2) is 0 Å². The van der Waals surface area contributed by atoms with Gasteiger partial charge in [0.15, 0.2) is 0 Å². The predicted octanol–water partition coefficient (Wildman–Crippen LogP) is -1.07. The smallest absolute Gasteiger partial charge is 0.358 e. The van der Waals surface area contributed by atoms with E-state index >= 15 is 0 Å². The molecule has 2 nitrogen and oxygen atoms in total. The quantitative estimate of drug-likeness (QED) is 0.485. The van der Waals surface area contributed by atoms with Crippen molar-refractivity contribution in [3.05, 3.63) is 7.43 Å². The fourth-order valence-electron chi connectivity index (χ4n) is 2.57. The van der Waals surface area contributed by atoms with Gasteiger partial charge < -0.3 is 17.6 Å². The Balaban J connectivity index is 0.000000980. The molecule has 0 saturated carbocycles. The van der Waals surface area contributed by atoms with Gasteiger partial charge in [0.05, 0.1) is 0 Å². The van der Waals surface area contributed by atoms with Crippen LogP contribution in [0.15, 0.2) is 0 Å². The molecular formula is C12H25KN2. The van der Waals surface area contributed by atoms with E-state index in [1.54, 1.807) is 0 Å². The standard InChI is InChI=1S/C11H22N2.CH3.K/c1-2-8-13(9-3-1)10-11-4-6-12-7-5-11;;/h11-12H,1-10H2;1H3;/q;-1;+1. The van der Waals surface area contributed by atoms with E-state index in [2.05, 4.69) is 10.2 Å². The van der Waals surface area contributed by atoms with E-state index in [0.29, 0.717) is 0 Å². The largest absolute Gasteiger partial charge is 1.00 e. The summed E-state index contributed by atoms with van der Waals surface area (Å²) in [6.45, 7) is 6.60. The molecule has 0 aliphatic carbocycles. The maximum absolute atomic E-state index is 3.43. The number of hydrogen-bond donors (Lipinski definition) is 1. The monoisotopic (exact) mass is 236 g/mol. The van der Waals surface area contributed by atoms with E-state index in [1.165, 1.54) is 64.8 Å². The van der Waals surface area contributed by atoms with E-state index in [-0.39, 0.29) is 58.8 Å². The summed E-state index contributed by atoms with van der Waals surface area (Å²) in [5, 5.41) is 3.43. The van der Waals surface area contributed by atoms with Crippen molar-refractivity contribution in [2.75, 3.05) is 32.7 Å². The number of nitrogens with one attached hydrogen (secondary N) is 1. The summed E-state index contributed by atoms with van der Waals surface area (Å²) >= 11 is 0. The second kappa shape index (κ2) is 9.57. The zero-order chi connectivity index (χ0) is 8.93. The van der Waals surface area contributed by atoms with Gasteiger partial charge >= 0.3 is 51.4 Å². The van der Waals surface area contributed by atoms with Crippen molar-refractivity contribution >= 4 is 0 Å². The first-order chi connectivity index (χ1) is 6.45. The summed E-state index contributed by atoms with van der Waals surface area (Å²) in [7, 11) is 0. The van der Waals surface area contributed by atoms with Gasteiger partial charge in [0.1, 0.15) is 0 Å². The molecular weight excluding hydrogens is 211 g/mol. The third-order valence-corrected chi connectivity index (χ3v) is 3.42. The molecule has 2 heterocycles. The average Bonchev–Trinajstić information content (AvgIpc) is 2.21. The second-order valence-electron chi connectivity index (χ2n) is 4.55. The Labute approximate surface area is 138 Å². The number of nitrogens with zero attached hydrogens (tertiary/aromatic N) is 1.